The average Bonchev–Trinajstić information content (AvgIpc) is 3.00. The Morgan fingerprint density at radius 1 is 1.16 bits per heavy atom. The van der Waals surface area contributed by atoms with Crippen molar-refractivity contribution in [1.29, 1.82) is 0 Å². The molecule has 0 saturated carbocycles. The maximum absolute atomic E-state index is 13.2. The van der Waals surface area contributed by atoms with E-state index in [-0.39, 0.29) is 11.9 Å². The third kappa shape index (κ3) is 4.56. The second kappa shape index (κ2) is 7.79. The number of urea groups is 1. The van der Waals surface area contributed by atoms with E-state index in [4.69, 9.17) is 0 Å². The zero-order valence-corrected chi connectivity index (χ0v) is 13.7. The summed E-state index contributed by atoms with van der Waals surface area (Å²) in [5.74, 6) is -0.312. The molecule has 1 aliphatic heterocycles. The van der Waals surface area contributed by atoms with Gasteiger partial charge in [-0.25, -0.2) is 9.18 Å². The van der Waals surface area contributed by atoms with Crippen LogP contribution in [0.25, 0.3) is 0 Å². The molecule has 0 spiro atoms. The number of carbonyl (C=O) groups is 2. The first-order valence-electron chi connectivity index (χ1n) is 8.27. The van der Waals surface area contributed by atoms with Gasteiger partial charge >= 0.3 is 6.03 Å². The van der Waals surface area contributed by atoms with Gasteiger partial charge in [-0.1, -0.05) is 36.4 Å². The fourth-order valence-corrected chi connectivity index (χ4v) is 2.93. The van der Waals surface area contributed by atoms with Crippen LogP contribution < -0.4 is 10.6 Å². The first-order chi connectivity index (χ1) is 12.1. The van der Waals surface area contributed by atoms with Crippen LogP contribution in [-0.4, -0.2) is 29.9 Å². The Morgan fingerprint density at radius 3 is 2.64 bits per heavy atom. The highest BCUT2D eigenvalue weighted by Gasteiger charge is 2.25. The van der Waals surface area contributed by atoms with Crippen molar-refractivity contribution in [2.45, 2.75) is 18.9 Å². The minimum Gasteiger partial charge on any atom is -0.340 e. The van der Waals surface area contributed by atoms with Crippen LogP contribution in [0.4, 0.5) is 14.9 Å². The van der Waals surface area contributed by atoms with Gasteiger partial charge in [0.15, 0.2) is 0 Å². The molecule has 0 aromatic heterocycles. The number of likely N-dealkylation sites (tertiary alicyclic amines) is 1. The molecule has 1 atom stereocenters. The highest BCUT2D eigenvalue weighted by atomic mass is 19.1. The summed E-state index contributed by atoms with van der Waals surface area (Å²) in [6.07, 6.45) is 1.40. The number of halogens is 1. The maximum atomic E-state index is 13.2. The van der Waals surface area contributed by atoms with Gasteiger partial charge in [0.25, 0.3) is 0 Å². The van der Waals surface area contributed by atoms with Crippen LogP contribution in [-0.2, 0) is 4.79 Å². The molecule has 130 valence electrons. The van der Waals surface area contributed by atoms with Crippen LogP contribution in [0.15, 0.2) is 54.6 Å². The second-order valence-corrected chi connectivity index (χ2v) is 6.02. The Labute approximate surface area is 145 Å². The lowest BCUT2D eigenvalue weighted by atomic mass is 10.1. The van der Waals surface area contributed by atoms with E-state index in [1.807, 2.05) is 30.3 Å². The van der Waals surface area contributed by atoms with Gasteiger partial charge in [0.2, 0.25) is 5.91 Å². The van der Waals surface area contributed by atoms with Crippen molar-refractivity contribution in [2.75, 3.05) is 18.4 Å². The van der Waals surface area contributed by atoms with Gasteiger partial charge in [-0.05, 0) is 30.2 Å². The Bertz CT molecular complexity index is 751. The van der Waals surface area contributed by atoms with Crippen molar-refractivity contribution in [3.05, 3.63) is 66.0 Å². The molecule has 2 aromatic rings. The first-order valence-corrected chi connectivity index (χ1v) is 8.27. The standard InChI is InChI=1S/C19H20FN3O2/c20-15-8-4-9-16(12-15)21-19(25)22-17(14-6-2-1-3-7-14)13-23-11-5-10-18(23)24/h1-4,6-9,12,17H,5,10-11,13H2,(H2,21,22,25)/t17-/m1/s1. The summed E-state index contributed by atoms with van der Waals surface area (Å²) in [5, 5.41) is 5.51. The average molecular weight is 341 g/mol. The zero-order valence-electron chi connectivity index (χ0n) is 13.7. The first kappa shape index (κ1) is 17.0. The fraction of sp³-hybridized carbons (Fsp3) is 0.263. The molecule has 0 unspecified atom stereocenters. The fourth-order valence-electron chi connectivity index (χ4n) is 2.93. The smallest absolute Gasteiger partial charge is 0.319 e. The van der Waals surface area contributed by atoms with Gasteiger partial charge < -0.3 is 15.5 Å². The summed E-state index contributed by atoms with van der Waals surface area (Å²) in [5.41, 5.74) is 1.29. The van der Waals surface area contributed by atoms with E-state index in [0.717, 1.165) is 12.0 Å². The van der Waals surface area contributed by atoms with Crippen LogP contribution in [0.1, 0.15) is 24.4 Å². The molecule has 2 N–H and O–H groups in total. The second-order valence-electron chi connectivity index (χ2n) is 6.02. The number of hydrogen-bond acceptors (Lipinski definition) is 2. The van der Waals surface area contributed by atoms with Crippen LogP contribution in [0, 0.1) is 5.82 Å². The lowest BCUT2D eigenvalue weighted by Crippen LogP contribution is -2.40. The quantitative estimate of drug-likeness (QED) is 0.876. The molecular formula is C19H20FN3O2. The summed E-state index contributed by atoms with van der Waals surface area (Å²) in [4.78, 5) is 26.0. The Morgan fingerprint density at radius 2 is 1.96 bits per heavy atom. The summed E-state index contributed by atoms with van der Waals surface area (Å²) in [6, 6.07) is 14.4. The third-order valence-corrected chi connectivity index (χ3v) is 4.16. The molecular weight excluding hydrogens is 321 g/mol. The lowest BCUT2D eigenvalue weighted by Gasteiger charge is -2.25. The minimum absolute atomic E-state index is 0.105. The van der Waals surface area contributed by atoms with Crippen molar-refractivity contribution >= 4 is 17.6 Å². The van der Waals surface area contributed by atoms with Crippen LogP contribution in [0.5, 0.6) is 0 Å². The summed E-state index contributed by atoms with van der Waals surface area (Å²) < 4.78 is 13.2. The molecule has 0 aliphatic carbocycles. The molecule has 1 aliphatic rings. The molecule has 1 fully saturated rings. The van der Waals surface area contributed by atoms with Crippen molar-refractivity contribution < 1.29 is 14.0 Å². The van der Waals surface area contributed by atoms with Gasteiger partial charge in [-0.2, -0.15) is 0 Å². The van der Waals surface area contributed by atoms with Crippen molar-refractivity contribution in [1.82, 2.24) is 10.2 Å². The lowest BCUT2D eigenvalue weighted by molar-refractivity contribution is -0.128. The molecule has 0 radical (unpaired) electrons. The molecule has 3 rings (SSSR count). The van der Waals surface area contributed by atoms with Crippen molar-refractivity contribution in [3.8, 4) is 0 Å². The highest BCUT2D eigenvalue weighted by molar-refractivity contribution is 5.89. The summed E-state index contributed by atoms with van der Waals surface area (Å²) in [6.45, 7) is 1.12. The van der Waals surface area contributed by atoms with E-state index in [9.17, 15) is 14.0 Å². The topological polar surface area (TPSA) is 61.4 Å². The number of rotatable bonds is 5. The predicted molar refractivity (Wildman–Crippen MR) is 93.6 cm³/mol. The maximum Gasteiger partial charge on any atom is 0.319 e. The van der Waals surface area contributed by atoms with Crippen molar-refractivity contribution in [2.24, 2.45) is 0 Å². The predicted octanol–water partition coefficient (Wildman–Crippen LogP) is 3.31. The molecule has 1 saturated heterocycles. The number of nitrogens with one attached hydrogen (secondary N) is 2. The van der Waals surface area contributed by atoms with Gasteiger partial charge in [-0.3, -0.25) is 4.79 Å². The van der Waals surface area contributed by atoms with E-state index < -0.39 is 11.8 Å². The van der Waals surface area contributed by atoms with Crippen molar-refractivity contribution in [3.63, 3.8) is 0 Å². The largest absolute Gasteiger partial charge is 0.340 e. The molecule has 5 nitrogen and oxygen atoms in total. The Balaban J connectivity index is 1.70. The van der Waals surface area contributed by atoms with Gasteiger partial charge in [0.1, 0.15) is 5.82 Å². The SMILES string of the molecule is O=C(Nc1cccc(F)c1)N[C@H](CN1CCCC1=O)c1ccccc1. The normalized spacial score (nSPS) is 15.1. The Hall–Kier alpha value is -2.89. The number of benzene rings is 2. The van der Waals surface area contributed by atoms with Crippen LogP contribution in [0.3, 0.4) is 0 Å². The van der Waals surface area contributed by atoms with E-state index in [2.05, 4.69) is 10.6 Å². The molecule has 2 aromatic carbocycles. The van der Waals surface area contributed by atoms with Gasteiger partial charge in [0, 0.05) is 25.2 Å². The van der Waals surface area contributed by atoms with Crippen LogP contribution >= 0.6 is 0 Å². The molecule has 3 amide bonds. The summed E-state index contributed by atoms with van der Waals surface area (Å²) >= 11 is 0. The van der Waals surface area contributed by atoms with E-state index in [1.54, 1.807) is 11.0 Å². The molecule has 0 bridgehead atoms. The number of carbonyl (C=O) groups excluding carboxylic acids is 2. The minimum atomic E-state index is -0.439. The molecule has 25 heavy (non-hydrogen) atoms. The van der Waals surface area contributed by atoms with Gasteiger partial charge in [0.05, 0.1) is 6.04 Å². The van der Waals surface area contributed by atoms with E-state index in [0.29, 0.717) is 25.2 Å². The zero-order chi connectivity index (χ0) is 17.6. The monoisotopic (exact) mass is 341 g/mol. The van der Waals surface area contributed by atoms with E-state index >= 15 is 0 Å². The Kier molecular flexibility index (Phi) is 5.28. The number of hydrogen-bond donors (Lipinski definition) is 2. The third-order valence-electron chi connectivity index (χ3n) is 4.16. The van der Waals surface area contributed by atoms with Crippen LogP contribution in [0.2, 0.25) is 0 Å². The number of amides is 3. The summed E-state index contributed by atoms with van der Waals surface area (Å²) in [7, 11) is 0. The molecule has 6 heteroatoms. The number of nitrogens with zero attached hydrogens (tertiary/aromatic N) is 1. The van der Waals surface area contributed by atoms with E-state index in [1.165, 1.54) is 18.2 Å². The highest BCUT2D eigenvalue weighted by Crippen LogP contribution is 2.19. The van der Waals surface area contributed by atoms with Gasteiger partial charge in [-0.15, -0.1) is 0 Å². The number of anilines is 1. The molecule has 1 heterocycles.